The lowest BCUT2D eigenvalue weighted by molar-refractivity contribution is -0.120. The molecule has 0 fully saturated rings. The summed E-state index contributed by atoms with van der Waals surface area (Å²) in [6.07, 6.45) is 0. The fourth-order valence-electron chi connectivity index (χ4n) is 2.42. The molecule has 0 aromatic heterocycles. The number of carbonyl (C=O) groups excluding carboxylic acids is 2. The molecule has 0 atom stereocenters. The van der Waals surface area contributed by atoms with Crippen LogP contribution >= 0.6 is 15.9 Å². The van der Waals surface area contributed by atoms with Gasteiger partial charge in [0, 0.05) is 22.1 Å². The molecule has 0 saturated carbocycles. The lowest BCUT2D eigenvalue weighted by atomic mass is 10.1. The number of amides is 2. The molecular formula is C18H17BrN2O4. The first kappa shape index (κ1) is 17.3. The molecule has 0 aliphatic carbocycles. The number of fused-ring (bicyclic) bond motifs is 1. The lowest BCUT2D eigenvalue weighted by Gasteiger charge is -2.21. The van der Waals surface area contributed by atoms with E-state index in [1.165, 1.54) is 0 Å². The molecule has 1 heterocycles. The number of nitrogens with one attached hydrogen (secondary N) is 2. The molecule has 0 radical (unpaired) electrons. The Hall–Kier alpha value is -2.54. The van der Waals surface area contributed by atoms with E-state index in [0.717, 1.165) is 10.0 Å². The molecule has 0 spiro atoms. The molecule has 0 unspecified atom stereocenters. The summed E-state index contributed by atoms with van der Waals surface area (Å²) in [5.41, 5.74) is 1.33. The van der Waals surface area contributed by atoms with Gasteiger partial charge in [0.2, 0.25) is 5.91 Å². The Morgan fingerprint density at radius 3 is 2.68 bits per heavy atom. The highest BCUT2D eigenvalue weighted by Crippen LogP contribution is 2.33. The zero-order valence-electron chi connectivity index (χ0n) is 13.4. The Morgan fingerprint density at radius 2 is 1.84 bits per heavy atom. The summed E-state index contributed by atoms with van der Waals surface area (Å²) in [5.74, 6) is 0.760. The number of carbonyl (C=O) groups is 2. The molecule has 130 valence electrons. The molecule has 1 aliphatic heterocycles. The van der Waals surface area contributed by atoms with Crippen LogP contribution < -0.4 is 20.1 Å². The van der Waals surface area contributed by atoms with Gasteiger partial charge in [-0.3, -0.25) is 9.59 Å². The minimum Gasteiger partial charge on any atom is -0.486 e. The molecule has 0 bridgehead atoms. The largest absolute Gasteiger partial charge is 0.486 e. The quantitative estimate of drug-likeness (QED) is 0.801. The third kappa shape index (κ3) is 4.51. The van der Waals surface area contributed by atoms with Crippen molar-refractivity contribution in [2.24, 2.45) is 0 Å². The van der Waals surface area contributed by atoms with Crippen LogP contribution in [0.25, 0.3) is 0 Å². The van der Waals surface area contributed by atoms with Gasteiger partial charge in [-0.2, -0.15) is 0 Å². The van der Waals surface area contributed by atoms with Crippen molar-refractivity contribution in [2.45, 2.75) is 6.54 Å². The summed E-state index contributed by atoms with van der Waals surface area (Å²) in [6, 6.07) is 12.5. The van der Waals surface area contributed by atoms with Gasteiger partial charge in [-0.15, -0.1) is 0 Å². The molecule has 25 heavy (non-hydrogen) atoms. The maximum absolute atomic E-state index is 12.0. The van der Waals surface area contributed by atoms with Crippen LogP contribution in [-0.4, -0.2) is 31.6 Å². The van der Waals surface area contributed by atoms with Crippen molar-refractivity contribution in [1.29, 1.82) is 0 Å². The zero-order chi connectivity index (χ0) is 17.6. The highest BCUT2D eigenvalue weighted by Gasteiger charge is 2.16. The minimum absolute atomic E-state index is 0.0995. The second-order valence-corrected chi connectivity index (χ2v) is 6.33. The van der Waals surface area contributed by atoms with E-state index in [2.05, 4.69) is 26.6 Å². The van der Waals surface area contributed by atoms with Gasteiger partial charge >= 0.3 is 0 Å². The van der Waals surface area contributed by atoms with E-state index in [9.17, 15) is 9.59 Å². The fourth-order valence-corrected chi connectivity index (χ4v) is 2.82. The van der Waals surface area contributed by atoms with Crippen LogP contribution in [0.2, 0.25) is 0 Å². The van der Waals surface area contributed by atoms with Gasteiger partial charge in [-0.05, 0) is 24.3 Å². The number of benzene rings is 2. The molecule has 2 N–H and O–H groups in total. The van der Waals surface area contributed by atoms with E-state index >= 15 is 0 Å². The maximum Gasteiger partial charge on any atom is 0.251 e. The minimum atomic E-state index is -0.301. The van der Waals surface area contributed by atoms with Gasteiger partial charge < -0.3 is 20.1 Å². The SMILES string of the molecule is O=C(CNC(=O)c1cccc(Br)c1)NCc1cccc2c1OCCO2. The number of hydrogen-bond acceptors (Lipinski definition) is 4. The fraction of sp³-hybridized carbons (Fsp3) is 0.222. The third-order valence-corrected chi connectivity index (χ3v) is 4.11. The molecule has 6 nitrogen and oxygen atoms in total. The van der Waals surface area contributed by atoms with Crippen LogP contribution in [-0.2, 0) is 11.3 Å². The van der Waals surface area contributed by atoms with Crippen LogP contribution in [0.15, 0.2) is 46.9 Å². The van der Waals surface area contributed by atoms with Crippen molar-refractivity contribution in [3.63, 3.8) is 0 Å². The molecule has 1 aliphatic rings. The van der Waals surface area contributed by atoms with Gasteiger partial charge in [-0.25, -0.2) is 0 Å². The van der Waals surface area contributed by atoms with Crippen LogP contribution in [0, 0.1) is 0 Å². The Balaban J connectivity index is 1.51. The smallest absolute Gasteiger partial charge is 0.251 e. The summed E-state index contributed by atoms with van der Waals surface area (Å²) >= 11 is 3.31. The maximum atomic E-state index is 12.0. The Kier molecular flexibility index (Phi) is 5.55. The number of halogens is 1. The van der Waals surface area contributed by atoms with Gasteiger partial charge in [0.25, 0.3) is 5.91 Å². The van der Waals surface area contributed by atoms with Crippen molar-refractivity contribution in [1.82, 2.24) is 10.6 Å². The van der Waals surface area contributed by atoms with E-state index in [1.54, 1.807) is 18.2 Å². The van der Waals surface area contributed by atoms with Crippen molar-refractivity contribution in [2.75, 3.05) is 19.8 Å². The highest BCUT2D eigenvalue weighted by molar-refractivity contribution is 9.10. The molecule has 7 heteroatoms. The predicted octanol–water partition coefficient (Wildman–Crippen LogP) is 2.27. The van der Waals surface area contributed by atoms with E-state index in [1.807, 2.05) is 24.3 Å². The number of rotatable bonds is 5. The van der Waals surface area contributed by atoms with Crippen molar-refractivity contribution in [3.8, 4) is 11.5 Å². The normalized spacial score (nSPS) is 12.4. The van der Waals surface area contributed by atoms with E-state index < -0.39 is 0 Å². The molecular weight excluding hydrogens is 388 g/mol. The molecule has 3 rings (SSSR count). The van der Waals surface area contributed by atoms with Crippen LogP contribution in [0.3, 0.4) is 0 Å². The third-order valence-electron chi connectivity index (χ3n) is 3.62. The highest BCUT2D eigenvalue weighted by atomic mass is 79.9. The van der Waals surface area contributed by atoms with Gasteiger partial charge in [-0.1, -0.05) is 34.1 Å². The Labute approximate surface area is 153 Å². The predicted molar refractivity (Wildman–Crippen MR) is 95.8 cm³/mol. The van der Waals surface area contributed by atoms with Crippen LogP contribution in [0.5, 0.6) is 11.5 Å². The second kappa shape index (κ2) is 8.02. The first-order chi connectivity index (χ1) is 12.1. The first-order valence-corrected chi connectivity index (χ1v) is 8.61. The molecule has 2 aromatic carbocycles. The van der Waals surface area contributed by atoms with Gasteiger partial charge in [0.15, 0.2) is 11.5 Å². The summed E-state index contributed by atoms with van der Waals surface area (Å²) in [6.45, 7) is 1.21. The number of hydrogen-bond donors (Lipinski definition) is 2. The number of para-hydroxylation sites is 1. The first-order valence-electron chi connectivity index (χ1n) is 7.81. The monoisotopic (exact) mass is 404 g/mol. The molecule has 0 saturated heterocycles. The summed E-state index contributed by atoms with van der Waals surface area (Å²) in [5, 5.41) is 5.37. The van der Waals surface area contributed by atoms with Crippen molar-refractivity contribution in [3.05, 3.63) is 58.1 Å². The van der Waals surface area contributed by atoms with Crippen LogP contribution in [0.1, 0.15) is 15.9 Å². The lowest BCUT2D eigenvalue weighted by Crippen LogP contribution is -2.36. The van der Waals surface area contributed by atoms with Crippen molar-refractivity contribution < 1.29 is 19.1 Å². The van der Waals surface area contributed by atoms with Gasteiger partial charge in [0.05, 0.1) is 6.54 Å². The van der Waals surface area contributed by atoms with Crippen molar-refractivity contribution >= 4 is 27.7 Å². The van der Waals surface area contributed by atoms with E-state index in [4.69, 9.17) is 9.47 Å². The van der Waals surface area contributed by atoms with Crippen LogP contribution in [0.4, 0.5) is 0 Å². The summed E-state index contributed by atoms with van der Waals surface area (Å²) in [7, 11) is 0. The van der Waals surface area contributed by atoms with E-state index in [0.29, 0.717) is 36.8 Å². The topological polar surface area (TPSA) is 76.7 Å². The molecule has 2 amide bonds. The Bertz CT molecular complexity index is 794. The summed E-state index contributed by atoms with van der Waals surface area (Å²) < 4.78 is 11.9. The van der Waals surface area contributed by atoms with Gasteiger partial charge in [0.1, 0.15) is 13.2 Å². The second-order valence-electron chi connectivity index (χ2n) is 5.41. The number of ether oxygens (including phenoxy) is 2. The van der Waals surface area contributed by atoms with E-state index in [-0.39, 0.29) is 18.4 Å². The average molecular weight is 405 g/mol. The Morgan fingerprint density at radius 1 is 1.04 bits per heavy atom. The summed E-state index contributed by atoms with van der Waals surface area (Å²) in [4.78, 5) is 24.0. The molecule has 2 aromatic rings. The zero-order valence-corrected chi connectivity index (χ0v) is 15.0. The average Bonchev–Trinajstić information content (AvgIpc) is 2.64. The standard InChI is InChI=1S/C18H17BrN2O4/c19-14-5-1-3-12(9-14)18(23)21-11-16(22)20-10-13-4-2-6-15-17(13)25-8-7-24-15/h1-6,9H,7-8,10-11H2,(H,20,22)(H,21,23).